The molecule has 0 heterocycles. The summed E-state index contributed by atoms with van der Waals surface area (Å²) >= 11 is 0. The standard InChI is InChI=1S/C14H29O.2C12H25O.C3H7O.Ti/c1-2-3-4-5-6-7-8-9-10-11-12-13-14-15;2*1-2-3-4-5-6-7-8-9-10-11-12-13;1-3(2)4;/h2-14H2,1H3;2*2-12H2,1H3;3H,1-2H3;/q4*-1;+4. The van der Waals surface area contributed by atoms with Gasteiger partial charge in [0.1, 0.15) is 0 Å². The van der Waals surface area contributed by atoms with E-state index >= 15 is 0 Å². The van der Waals surface area contributed by atoms with Gasteiger partial charge in [-0.05, 0) is 0 Å². The molecule has 0 atom stereocenters. The first kappa shape index (κ1) is 55.9. The Morgan fingerprint density at radius 3 is 0.500 bits per heavy atom. The Balaban J connectivity index is -0.000000171. The van der Waals surface area contributed by atoms with E-state index in [1.807, 2.05) is 0 Å². The van der Waals surface area contributed by atoms with Crippen LogP contribution in [-0.2, 0) is 21.7 Å². The minimum Gasteiger partial charge on any atom is -0.854 e. The van der Waals surface area contributed by atoms with Crippen LogP contribution in [0.25, 0.3) is 0 Å². The summed E-state index contributed by atoms with van der Waals surface area (Å²) in [6, 6.07) is 0. The molecule has 0 radical (unpaired) electrons. The summed E-state index contributed by atoms with van der Waals surface area (Å²) in [5.74, 6) is 0. The molecule has 0 aliphatic rings. The maximum atomic E-state index is 10.2. The normalized spacial score (nSPS) is 10.3. The van der Waals surface area contributed by atoms with Crippen LogP contribution >= 0.6 is 0 Å². The number of hydrogen-bond acceptors (Lipinski definition) is 4. The molecule has 0 aromatic heterocycles. The molecular weight excluding hydrogens is 604 g/mol. The topological polar surface area (TPSA) is 92.2 Å². The van der Waals surface area contributed by atoms with Crippen LogP contribution in [0.4, 0.5) is 0 Å². The van der Waals surface area contributed by atoms with Crippen LogP contribution in [-0.4, -0.2) is 25.9 Å². The van der Waals surface area contributed by atoms with E-state index < -0.39 is 6.10 Å². The van der Waals surface area contributed by atoms with Gasteiger partial charge in [0.05, 0.1) is 0 Å². The van der Waals surface area contributed by atoms with E-state index in [0.29, 0.717) is 0 Å². The van der Waals surface area contributed by atoms with Gasteiger partial charge in [-0.1, -0.05) is 240 Å². The molecule has 0 aromatic rings. The third-order valence-corrected chi connectivity index (χ3v) is 7.99. The van der Waals surface area contributed by atoms with Crippen molar-refractivity contribution in [3.05, 3.63) is 0 Å². The van der Waals surface area contributed by atoms with Gasteiger partial charge < -0.3 is 20.4 Å². The molecule has 278 valence electrons. The zero-order chi connectivity index (χ0) is 34.3. The zero-order valence-corrected chi connectivity index (χ0v) is 34.0. The fourth-order valence-corrected chi connectivity index (χ4v) is 5.12. The second-order valence-electron chi connectivity index (χ2n) is 13.4. The quantitative estimate of drug-likeness (QED) is 0.0519. The molecule has 46 heavy (non-hydrogen) atoms. The summed E-state index contributed by atoms with van der Waals surface area (Å²) in [6.45, 7) is 10.4. The number of rotatable bonds is 32. The summed E-state index contributed by atoms with van der Waals surface area (Å²) in [5.41, 5.74) is 0. The summed E-state index contributed by atoms with van der Waals surface area (Å²) in [6.07, 6.45) is 41.5. The Hall–Kier alpha value is 0.554. The average molecular weight is 691 g/mol. The predicted molar refractivity (Wildman–Crippen MR) is 195 cm³/mol. The van der Waals surface area contributed by atoms with E-state index in [9.17, 15) is 20.4 Å². The van der Waals surface area contributed by atoms with Gasteiger partial charge in [0.2, 0.25) is 0 Å². The van der Waals surface area contributed by atoms with E-state index in [2.05, 4.69) is 20.8 Å². The van der Waals surface area contributed by atoms with Crippen LogP contribution in [0.2, 0.25) is 0 Å². The van der Waals surface area contributed by atoms with Crippen LogP contribution in [0.15, 0.2) is 0 Å². The Morgan fingerprint density at radius 2 is 0.391 bits per heavy atom. The first-order valence-corrected chi connectivity index (χ1v) is 20.4. The van der Waals surface area contributed by atoms with Gasteiger partial charge in [-0.2, -0.15) is 0 Å². The Bertz CT molecular complexity index is 367. The molecule has 0 aliphatic carbocycles. The van der Waals surface area contributed by atoms with Crippen molar-refractivity contribution >= 4 is 0 Å². The van der Waals surface area contributed by atoms with Crippen LogP contribution in [0.1, 0.15) is 240 Å². The second-order valence-corrected chi connectivity index (χ2v) is 13.4. The molecule has 0 fully saturated rings. The van der Waals surface area contributed by atoms with Crippen LogP contribution in [0.3, 0.4) is 0 Å². The van der Waals surface area contributed by atoms with Crippen molar-refractivity contribution in [1.29, 1.82) is 0 Å². The molecule has 4 nitrogen and oxygen atoms in total. The monoisotopic (exact) mass is 691 g/mol. The van der Waals surface area contributed by atoms with Crippen LogP contribution in [0, 0.1) is 0 Å². The zero-order valence-electron chi connectivity index (χ0n) is 32.5. The molecular formula is C41H86O4Ti. The fourth-order valence-electron chi connectivity index (χ4n) is 5.12. The van der Waals surface area contributed by atoms with Crippen molar-refractivity contribution in [2.24, 2.45) is 0 Å². The van der Waals surface area contributed by atoms with E-state index in [1.165, 1.54) is 167 Å². The summed E-state index contributed by atoms with van der Waals surface area (Å²) in [4.78, 5) is 0. The minimum absolute atomic E-state index is 0. The molecule has 0 spiro atoms. The predicted octanol–water partition coefficient (Wildman–Crippen LogP) is 10.3. The van der Waals surface area contributed by atoms with Gasteiger partial charge in [0.25, 0.3) is 0 Å². The van der Waals surface area contributed by atoms with Crippen molar-refractivity contribution in [3.63, 3.8) is 0 Å². The Morgan fingerprint density at radius 1 is 0.283 bits per heavy atom. The van der Waals surface area contributed by atoms with Crippen molar-refractivity contribution in [2.75, 3.05) is 19.8 Å². The smallest absolute Gasteiger partial charge is 0.854 e. The van der Waals surface area contributed by atoms with Gasteiger partial charge in [0, 0.05) is 0 Å². The Kier molecular flexibility index (Phi) is 74.0. The van der Waals surface area contributed by atoms with E-state index in [1.54, 1.807) is 13.8 Å². The largest absolute Gasteiger partial charge is 4.00 e. The maximum absolute atomic E-state index is 10.2. The van der Waals surface area contributed by atoms with Gasteiger partial charge >= 0.3 is 21.7 Å². The van der Waals surface area contributed by atoms with Crippen molar-refractivity contribution < 1.29 is 42.1 Å². The number of hydrogen-bond donors (Lipinski definition) is 0. The van der Waals surface area contributed by atoms with E-state index in [-0.39, 0.29) is 41.5 Å². The SMILES string of the molecule is CC(C)[O-].CCCCCCCCCCCCCC[O-].CCCCCCCCCCCC[O-].CCCCCCCCCCCC[O-].[Ti+4]. The average Bonchev–Trinajstić information content (AvgIpc) is 3.02. The van der Waals surface area contributed by atoms with Gasteiger partial charge in [-0.25, -0.2) is 0 Å². The summed E-state index contributed by atoms with van der Waals surface area (Å²) in [7, 11) is 0. The van der Waals surface area contributed by atoms with Gasteiger partial charge in [-0.3, -0.25) is 0 Å². The molecule has 0 unspecified atom stereocenters. The molecule has 0 N–H and O–H groups in total. The van der Waals surface area contributed by atoms with E-state index in [0.717, 1.165) is 38.5 Å². The molecule has 0 amide bonds. The van der Waals surface area contributed by atoms with Gasteiger partial charge in [-0.15, -0.1) is 25.9 Å². The third kappa shape index (κ3) is 79.8. The summed E-state index contributed by atoms with van der Waals surface area (Å²) < 4.78 is 0. The van der Waals surface area contributed by atoms with Crippen LogP contribution in [0.5, 0.6) is 0 Å². The molecule has 5 heteroatoms. The molecule has 0 bridgehead atoms. The van der Waals surface area contributed by atoms with Crippen molar-refractivity contribution in [1.82, 2.24) is 0 Å². The summed E-state index contributed by atoms with van der Waals surface area (Å²) in [5, 5.41) is 40.0. The fraction of sp³-hybridized carbons (Fsp3) is 1.00. The van der Waals surface area contributed by atoms with Crippen molar-refractivity contribution in [2.45, 2.75) is 246 Å². The Labute approximate surface area is 307 Å². The van der Waals surface area contributed by atoms with Crippen molar-refractivity contribution in [3.8, 4) is 0 Å². The maximum Gasteiger partial charge on any atom is 4.00 e. The molecule has 0 saturated heterocycles. The minimum atomic E-state index is -0.417. The third-order valence-electron chi connectivity index (χ3n) is 7.99. The van der Waals surface area contributed by atoms with Gasteiger partial charge in [0.15, 0.2) is 0 Å². The molecule has 0 aliphatic heterocycles. The van der Waals surface area contributed by atoms with Crippen LogP contribution < -0.4 is 20.4 Å². The first-order valence-electron chi connectivity index (χ1n) is 20.4. The molecule has 0 rings (SSSR count). The first-order chi connectivity index (χ1) is 22.0. The van der Waals surface area contributed by atoms with E-state index in [4.69, 9.17) is 0 Å². The second kappa shape index (κ2) is 60.8. The molecule has 0 aromatic carbocycles. The number of unbranched alkanes of at least 4 members (excludes halogenated alkanes) is 29. The molecule has 0 saturated carbocycles.